The number of aromatic nitrogens is 3. The number of pyridine rings is 1. The fourth-order valence-corrected chi connectivity index (χ4v) is 3.37. The molecule has 5 nitrogen and oxygen atoms in total. The predicted octanol–water partition coefficient (Wildman–Crippen LogP) is 3.18. The number of hydrogen-bond acceptors (Lipinski definition) is 4. The zero-order valence-corrected chi connectivity index (χ0v) is 14.6. The molecule has 1 N–H and O–H groups in total. The highest BCUT2D eigenvalue weighted by atomic mass is 35.5. The van der Waals surface area contributed by atoms with Crippen molar-refractivity contribution in [2.24, 2.45) is 0 Å². The minimum Gasteiger partial charge on any atom is -0.306 e. The number of benzene rings is 1. The molecule has 3 aromatic rings. The molecule has 0 radical (unpaired) electrons. The monoisotopic (exact) mass is 370 g/mol. The zero-order valence-electron chi connectivity index (χ0n) is 13.9. The van der Waals surface area contributed by atoms with Crippen LogP contribution in [0.4, 0.5) is 4.39 Å². The molecule has 3 heterocycles. The Kier molecular flexibility index (Phi) is 4.53. The number of fused-ring (bicyclic) bond motifs is 1. The number of hydrogen-bond donors (Lipinski definition) is 1. The summed E-state index contributed by atoms with van der Waals surface area (Å²) in [6.45, 7) is 1.91. The summed E-state index contributed by atoms with van der Waals surface area (Å²) in [5, 5.41) is 0.119. The zero-order chi connectivity index (χ0) is 18.1. The quantitative estimate of drug-likeness (QED) is 0.769. The van der Waals surface area contributed by atoms with Crippen molar-refractivity contribution >= 4 is 11.6 Å². The van der Waals surface area contributed by atoms with Crippen molar-refractivity contribution in [1.82, 2.24) is 19.9 Å². The van der Waals surface area contributed by atoms with Gasteiger partial charge in [0.15, 0.2) is 0 Å². The molecule has 0 atom stereocenters. The second kappa shape index (κ2) is 6.97. The van der Waals surface area contributed by atoms with E-state index in [1.54, 1.807) is 30.6 Å². The number of halogens is 2. The van der Waals surface area contributed by atoms with Gasteiger partial charge in [0.1, 0.15) is 11.6 Å². The fourth-order valence-electron chi connectivity index (χ4n) is 3.16. The van der Waals surface area contributed by atoms with Gasteiger partial charge in [0, 0.05) is 43.2 Å². The molecular formula is C19H16ClFN4O. The van der Waals surface area contributed by atoms with Crippen LogP contribution in [-0.2, 0) is 19.5 Å². The lowest BCUT2D eigenvalue weighted by molar-refractivity contribution is 0.240. The van der Waals surface area contributed by atoms with Crippen LogP contribution in [0.2, 0.25) is 5.02 Å². The van der Waals surface area contributed by atoms with Crippen molar-refractivity contribution in [1.29, 1.82) is 0 Å². The summed E-state index contributed by atoms with van der Waals surface area (Å²) in [4.78, 5) is 26.1. The molecule has 4 rings (SSSR count). The summed E-state index contributed by atoms with van der Waals surface area (Å²) in [5.41, 5.74) is 3.10. The van der Waals surface area contributed by atoms with Crippen LogP contribution in [0, 0.1) is 5.82 Å². The van der Waals surface area contributed by atoms with Gasteiger partial charge in [-0.3, -0.25) is 14.7 Å². The average Bonchev–Trinajstić information content (AvgIpc) is 2.65. The normalized spacial score (nSPS) is 14.2. The Morgan fingerprint density at radius 2 is 2.19 bits per heavy atom. The first-order valence-corrected chi connectivity index (χ1v) is 8.67. The second-order valence-electron chi connectivity index (χ2n) is 6.29. The third kappa shape index (κ3) is 3.38. The maximum Gasteiger partial charge on any atom is 0.254 e. The largest absolute Gasteiger partial charge is 0.306 e. The number of nitrogens with one attached hydrogen (secondary N) is 1. The van der Waals surface area contributed by atoms with Gasteiger partial charge in [-0.2, -0.15) is 0 Å². The van der Waals surface area contributed by atoms with E-state index >= 15 is 0 Å². The van der Waals surface area contributed by atoms with Crippen LogP contribution < -0.4 is 5.56 Å². The predicted molar refractivity (Wildman–Crippen MR) is 97.3 cm³/mol. The van der Waals surface area contributed by atoms with E-state index in [9.17, 15) is 9.18 Å². The molecule has 0 bridgehead atoms. The first-order valence-electron chi connectivity index (χ1n) is 8.29. The van der Waals surface area contributed by atoms with E-state index in [1.807, 2.05) is 6.07 Å². The Morgan fingerprint density at radius 1 is 1.31 bits per heavy atom. The van der Waals surface area contributed by atoms with Gasteiger partial charge in [0.25, 0.3) is 5.56 Å². The number of rotatable bonds is 3. The van der Waals surface area contributed by atoms with Gasteiger partial charge in [-0.1, -0.05) is 17.7 Å². The van der Waals surface area contributed by atoms with Gasteiger partial charge in [-0.05, 0) is 36.2 Å². The minimum absolute atomic E-state index is 0.0988. The van der Waals surface area contributed by atoms with Gasteiger partial charge in [-0.15, -0.1) is 0 Å². The Hall–Kier alpha value is -2.57. The van der Waals surface area contributed by atoms with Crippen molar-refractivity contribution in [3.63, 3.8) is 0 Å². The van der Waals surface area contributed by atoms with Crippen LogP contribution in [0.5, 0.6) is 0 Å². The van der Waals surface area contributed by atoms with E-state index in [1.165, 1.54) is 6.07 Å². The molecule has 0 unspecified atom stereocenters. The highest BCUT2D eigenvalue weighted by Crippen LogP contribution is 2.21. The molecule has 1 aromatic carbocycles. The summed E-state index contributed by atoms with van der Waals surface area (Å²) < 4.78 is 13.3. The number of aromatic amines is 1. The van der Waals surface area contributed by atoms with Crippen molar-refractivity contribution in [2.45, 2.75) is 19.5 Å². The first-order chi connectivity index (χ1) is 12.6. The van der Waals surface area contributed by atoms with Crippen molar-refractivity contribution in [3.8, 4) is 11.4 Å². The van der Waals surface area contributed by atoms with Gasteiger partial charge in [0.05, 0.1) is 10.7 Å². The van der Waals surface area contributed by atoms with Crippen LogP contribution in [0.25, 0.3) is 11.4 Å². The van der Waals surface area contributed by atoms with Crippen LogP contribution in [0.15, 0.2) is 47.5 Å². The lowest BCUT2D eigenvalue weighted by Gasteiger charge is -2.27. The van der Waals surface area contributed by atoms with Crippen molar-refractivity contribution < 1.29 is 4.39 Å². The maximum atomic E-state index is 13.3. The number of nitrogens with zero attached hydrogens (tertiary/aromatic N) is 3. The highest BCUT2D eigenvalue weighted by molar-refractivity contribution is 6.30. The summed E-state index contributed by atoms with van der Waals surface area (Å²) in [6.07, 6.45) is 3.97. The first kappa shape index (κ1) is 16.9. The highest BCUT2D eigenvalue weighted by Gasteiger charge is 2.21. The summed E-state index contributed by atoms with van der Waals surface area (Å²) in [7, 11) is 0. The van der Waals surface area contributed by atoms with Crippen LogP contribution in [-0.4, -0.2) is 26.4 Å². The summed E-state index contributed by atoms with van der Waals surface area (Å²) in [5.74, 6) is 0.0993. The van der Waals surface area contributed by atoms with E-state index < -0.39 is 5.82 Å². The van der Waals surface area contributed by atoms with Gasteiger partial charge >= 0.3 is 0 Å². The van der Waals surface area contributed by atoms with Crippen LogP contribution in [0.1, 0.15) is 16.8 Å². The Balaban J connectivity index is 1.60. The average molecular weight is 371 g/mol. The molecule has 26 heavy (non-hydrogen) atoms. The fraction of sp³-hybridized carbons (Fsp3) is 0.211. The molecule has 0 spiro atoms. The molecule has 0 saturated heterocycles. The molecule has 0 saturated carbocycles. The van der Waals surface area contributed by atoms with E-state index in [4.69, 9.17) is 11.6 Å². The molecule has 1 aliphatic rings. The Morgan fingerprint density at radius 3 is 2.96 bits per heavy atom. The smallest absolute Gasteiger partial charge is 0.254 e. The molecule has 0 amide bonds. The standard InChI is InChI=1S/C19H16ClFN4O/c20-15-8-12(3-4-16(15)21)10-25-7-5-14-17(11-25)23-18(24-19(14)26)13-2-1-6-22-9-13/h1-4,6,8-9H,5,7,10-11H2,(H,23,24,26). The third-order valence-electron chi connectivity index (χ3n) is 4.48. The van der Waals surface area contributed by atoms with E-state index in [-0.39, 0.29) is 10.6 Å². The summed E-state index contributed by atoms with van der Waals surface area (Å²) >= 11 is 5.86. The van der Waals surface area contributed by atoms with E-state index in [2.05, 4.69) is 19.9 Å². The van der Waals surface area contributed by atoms with Crippen LogP contribution in [0.3, 0.4) is 0 Å². The van der Waals surface area contributed by atoms with Gasteiger partial charge in [-0.25, -0.2) is 9.37 Å². The Labute approximate surface area is 154 Å². The SMILES string of the molecule is O=c1[nH]c(-c2cccnc2)nc2c1CCN(Cc1ccc(F)c(Cl)c1)C2. The molecule has 132 valence electrons. The molecular weight excluding hydrogens is 355 g/mol. The molecule has 2 aromatic heterocycles. The third-order valence-corrected chi connectivity index (χ3v) is 4.77. The van der Waals surface area contributed by atoms with Crippen molar-refractivity contribution in [2.75, 3.05) is 6.54 Å². The number of H-pyrrole nitrogens is 1. The van der Waals surface area contributed by atoms with E-state index in [0.717, 1.165) is 28.9 Å². The molecule has 0 fully saturated rings. The van der Waals surface area contributed by atoms with Crippen LogP contribution >= 0.6 is 11.6 Å². The van der Waals surface area contributed by atoms with Gasteiger partial charge in [0.2, 0.25) is 0 Å². The molecule has 0 aliphatic carbocycles. The molecule has 1 aliphatic heterocycles. The van der Waals surface area contributed by atoms with E-state index in [0.29, 0.717) is 25.3 Å². The van der Waals surface area contributed by atoms with Crippen molar-refractivity contribution in [3.05, 3.63) is 80.7 Å². The maximum absolute atomic E-state index is 13.3. The second-order valence-corrected chi connectivity index (χ2v) is 6.70. The molecule has 7 heteroatoms. The lowest BCUT2D eigenvalue weighted by atomic mass is 10.1. The minimum atomic E-state index is -0.422. The lowest BCUT2D eigenvalue weighted by Crippen LogP contribution is -2.35. The topological polar surface area (TPSA) is 61.9 Å². The summed E-state index contributed by atoms with van der Waals surface area (Å²) in [6, 6.07) is 8.40. The Bertz CT molecular complexity index is 1010. The van der Waals surface area contributed by atoms with Gasteiger partial charge < -0.3 is 4.98 Å².